The minimum Gasteiger partial charge on any atom is -0.382 e. The van der Waals surface area contributed by atoms with Crippen molar-refractivity contribution in [2.75, 3.05) is 23.9 Å². The van der Waals surface area contributed by atoms with Crippen LogP contribution < -0.4 is 10.9 Å². The Morgan fingerprint density at radius 3 is 2.88 bits per heavy atom. The average molecular weight is 306 g/mol. The molecule has 0 unspecified atom stereocenters. The first-order valence-electron chi connectivity index (χ1n) is 5.08. The molecule has 0 radical (unpaired) electrons. The van der Waals surface area contributed by atoms with Crippen molar-refractivity contribution in [3.05, 3.63) is 21.0 Å². The summed E-state index contributed by atoms with van der Waals surface area (Å²) in [4.78, 5) is 11.9. The van der Waals surface area contributed by atoms with Crippen LogP contribution in [0.3, 0.4) is 0 Å². The Bertz CT molecular complexity index is 406. The smallest absolute Gasteiger partial charge is 0.283 e. The van der Waals surface area contributed by atoms with Crippen LogP contribution in [0, 0.1) is 0 Å². The lowest BCUT2D eigenvalue weighted by molar-refractivity contribution is 0.501. The summed E-state index contributed by atoms with van der Waals surface area (Å²) in [6, 6.07) is 0.0732. The van der Waals surface area contributed by atoms with E-state index < -0.39 is 0 Å². The minimum atomic E-state index is -0.0934. The SMILES string of the molecule is CSCCNc1cnn(C(C)C)c(=O)c1Br. The Kier molecular flexibility index (Phi) is 5.34. The lowest BCUT2D eigenvalue weighted by Crippen LogP contribution is -2.26. The summed E-state index contributed by atoms with van der Waals surface area (Å²) < 4.78 is 2.02. The van der Waals surface area contributed by atoms with Crippen molar-refractivity contribution in [2.24, 2.45) is 0 Å². The van der Waals surface area contributed by atoms with Crippen molar-refractivity contribution in [2.45, 2.75) is 19.9 Å². The molecule has 1 aromatic heterocycles. The summed E-state index contributed by atoms with van der Waals surface area (Å²) in [6.07, 6.45) is 3.73. The summed E-state index contributed by atoms with van der Waals surface area (Å²) in [5, 5.41) is 7.30. The van der Waals surface area contributed by atoms with E-state index in [0.717, 1.165) is 18.0 Å². The highest BCUT2D eigenvalue weighted by Gasteiger charge is 2.09. The molecule has 1 aromatic rings. The minimum absolute atomic E-state index is 0.0732. The van der Waals surface area contributed by atoms with Crippen molar-refractivity contribution in [1.29, 1.82) is 0 Å². The number of halogens is 1. The molecule has 0 bridgehead atoms. The highest BCUT2D eigenvalue weighted by atomic mass is 79.9. The third kappa shape index (κ3) is 3.25. The fourth-order valence-electron chi connectivity index (χ4n) is 1.22. The van der Waals surface area contributed by atoms with Crippen LogP contribution >= 0.6 is 27.7 Å². The van der Waals surface area contributed by atoms with Gasteiger partial charge in [0, 0.05) is 12.3 Å². The molecule has 1 rings (SSSR count). The van der Waals surface area contributed by atoms with Crippen molar-refractivity contribution in [1.82, 2.24) is 9.78 Å². The predicted octanol–water partition coefficient (Wildman–Crippen LogP) is 2.36. The van der Waals surface area contributed by atoms with Crippen LogP contribution in [0.15, 0.2) is 15.5 Å². The highest BCUT2D eigenvalue weighted by molar-refractivity contribution is 9.10. The Hall–Kier alpha value is -0.490. The largest absolute Gasteiger partial charge is 0.382 e. The van der Waals surface area contributed by atoms with E-state index in [4.69, 9.17) is 0 Å². The van der Waals surface area contributed by atoms with Gasteiger partial charge < -0.3 is 5.32 Å². The summed E-state index contributed by atoms with van der Waals surface area (Å²) >= 11 is 5.07. The van der Waals surface area contributed by atoms with Crippen LogP contribution in [-0.4, -0.2) is 28.3 Å². The molecule has 0 aliphatic carbocycles. The maximum atomic E-state index is 11.9. The van der Waals surface area contributed by atoms with Crippen molar-refractivity contribution in [3.8, 4) is 0 Å². The summed E-state index contributed by atoms with van der Waals surface area (Å²) in [5.41, 5.74) is 0.667. The van der Waals surface area contributed by atoms with Gasteiger partial charge in [-0.25, -0.2) is 4.68 Å². The van der Waals surface area contributed by atoms with E-state index in [1.165, 1.54) is 4.68 Å². The first-order chi connectivity index (χ1) is 7.57. The van der Waals surface area contributed by atoms with E-state index in [1.807, 2.05) is 20.1 Å². The zero-order valence-electron chi connectivity index (χ0n) is 9.66. The lowest BCUT2D eigenvalue weighted by atomic mass is 10.4. The Labute approximate surface area is 108 Å². The fourth-order valence-corrected chi connectivity index (χ4v) is 1.95. The molecule has 1 heterocycles. The fraction of sp³-hybridized carbons (Fsp3) is 0.600. The van der Waals surface area contributed by atoms with E-state index in [0.29, 0.717) is 4.47 Å². The number of aromatic nitrogens is 2. The molecular weight excluding hydrogens is 290 g/mol. The Morgan fingerprint density at radius 1 is 1.62 bits per heavy atom. The second-order valence-electron chi connectivity index (χ2n) is 3.64. The van der Waals surface area contributed by atoms with Gasteiger partial charge in [0.2, 0.25) is 0 Å². The Balaban J connectivity index is 2.90. The monoisotopic (exact) mass is 305 g/mol. The molecule has 0 saturated carbocycles. The summed E-state index contributed by atoms with van der Waals surface area (Å²) in [7, 11) is 0. The molecule has 1 N–H and O–H groups in total. The van der Waals surface area contributed by atoms with Gasteiger partial charge in [-0.2, -0.15) is 16.9 Å². The molecule has 0 fully saturated rings. The van der Waals surface area contributed by atoms with Crippen LogP contribution in [0.4, 0.5) is 5.69 Å². The van der Waals surface area contributed by atoms with E-state index >= 15 is 0 Å². The number of rotatable bonds is 5. The van der Waals surface area contributed by atoms with Gasteiger partial charge >= 0.3 is 0 Å². The number of nitrogens with one attached hydrogen (secondary N) is 1. The van der Waals surface area contributed by atoms with Crippen LogP contribution in [-0.2, 0) is 0 Å². The molecule has 0 spiro atoms. The summed E-state index contributed by atoms with van der Waals surface area (Å²) in [6.45, 7) is 4.69. The predicted molar refractivity (Wildman–Crippen MR) is 73.5 cm³/mol. The van der Waals surface area contributed by atoms with Crippen molar-refractivity contribution >= 4 is 33.4 Å². The molecule has 0 amide bonds. The molecule has 0 saturated heterocycles. The summed E-state index contributed by atoms with van der Waals surface area (Å²) in [5.74, 6) is 1.000. The van der Waals surface area contributed by atoms with Gasteiger partial charge in [0.25, 0.3) is 5.56 Å². The van der Waals surface area contributed by atoms with Crippen LogP contribution in [0.25, 0.3) is 0 Å². The molecule has 0 atom stereocenters. The normalized spacial score (nSPS) is 10.8. The molecule has 0 aromatic carbocycles. The van der Waals surface area contributed by atoms with Gasteiger partial charge in [-0.3, -0.25) is 4.79 Å². The second kappa shape index (κ2) is 6.30. The molecule has 4 nitrogen and oxygen atoms in total. The van der Waals surface area contributed by atoms with Gasteiger partial charge in [0.1, 0.15) is 4.47 Å². The maximum Gasteiger partial charge on any atom is 0.283 e. The highest BCUT2D eigenvalue weighted by Crippen LogP contribution is 2.16. The molecular formula is C10H16BrN3OS. The number of hydrogen-bond acceptors (Lipinski definition) is 4. The third-order valence-corrected chi connectivity index (χ3v) is 3.43. The van der Waals surface area contributed by atoms with Crippen molar-refractivity contribution in [3.63, 3.8) is 0 Å². The van der Waals surface area contributed by atoms with Crippen molar-refractivity contribution < 1.29 is 0 Å². The van der Waals surface area contributed by atoms with Crippen LogP contribution in [0.1, 0.15) is 19.9 Å². The number of anilines is 1. The molecule has 0 aliphatic heterocycles. The number of thioether (sulfide) groups is 1. The standard InChI is InChI=1S/C10H16BrN3OS/c1-7(2)14-10(15)9(11)8(6-13-14)12-4-5-16-3/h6-7,12H,4-5H2,1-3H3. The maximum absolute atomic E-state index is 11.9. The van der Waals surface area contributed by atoms with Crippen LogP contribution in [0.2, 0.25) is 0 Å². The van der Waals surface area contributed by atoms with Gasteiger partial charge in [0.05, 0.1) is 17.9 Å². The quantitative estimate of drug-likeness (QED) is 0.848. The average Bonchev–Trinajstić information content (AvgIpc) is 2.24. The van der Waals surface area contributed by atoms with Gasteiger partial charge in [-0.05, 0) is 36.0 Å². The first kappa shape index (κ1) is 13.6. The second-order valence-corrected chi connectivity index (χ2v) is 5.41. The van der Waals surface area contributed by atoms with E-state index in [1.54, 1.807) is 18.0 Å². The zero-order valence-corrected chi connectivity index (χ0v) is 12.1. The van der Waals surface area contributed by atoms with E-state index in [-0.39, 0.29) is 11.6 Å². The van der Waals surface area contributed by atoms with E-state index in [9.17, 15) is 4.79 Å². The lowest BCUT2D eigenvalue weighted by Gasteiger charge is -2.12. The van der Waals surface area contributed by atoms with Gasteiger partial charge in [-0.15, -0.1) is 0 Å². The topological polar surface area (TPSA) is 46.9 Å². The first-order valence-corrected chi connectivity index (χ1v) is 7.26. The Morgan fingerprint density at radius 2 is 2.31 bits per heavy atom. The van der Waals surface area contributed by atoms with Gasteiger partial charge in [0.15, 0.2) is 0 Å². The van der Waals surface area contributed by atoms with E-state index in [2.05, 4.69) is 26.3 Å². The number of hydrogen-bond donors (Lipinski definition) is 1. The number of nitrogens with zero attached hydrogens (tertiary/aromatic N) is 2. The molecule has 16 heavy (non-hydrogen) atoms. The van der Waals surface area contributed by atoms with Crippen LogP contribution in [0.5, 0.6) is 0 Å². The molecule has 90 valence electrons. The van der Waals surface area contributed by atoms with Gasteiger partial charge in [-0.1, -0.05) is 0 Å². The molecule has 0 aliphatic rings. The third-order valence-electron chi connectivity index (χ3n) is 2.05. The zero-order chi connectivity index (χ0) is 12.1. The molecule has 6 heteroatoms.